The summed E-state index contributed by atoms with van der Waals surface area (Å²) in [6.45, 7) is 0. The summed E-state index contributed by atoms with van der Waals surface area (Å²) < 4.78 is 5.69. The molecule has 1 aromatic heterocycles. The molecule has 3 rings (SSSR count). The van der Waals surface area contributed by atoms with Crippen LogP contribution in [0.4, 0.5) is 5.69 Å². The van der Waals surface area contributed by atoms with Crippen molar-refractivity contribution in [3.63, 3.8) is 0 Å². The average molecular weight is 359 g/mol. The van der Waals surface area contributed by atoms with E-state index >= 15 is 0 Å². The molecule has 6 heteroatoms. The van der Waals surface area contributed by atoms with Crippen molar-refractivity contribution in [3.8, 4) is 11.5 Å². The van der Waals surface area contributed by atoms with Gasteiger partial charge in [-0.2, -0.15) is 0 Å². The number of hydrogen-bond acceptors (Lipinski definition) is 3. The second kappa shape index (κ2) is 7.34. The molecule has 0 aliphatic carbocycles. The van der Waals surface area contributed by atoms with Gasteiger partial charge in [0.15, 0.2) is 0 Å². The lowest BCUT2D eigenvalue weighted by atomic mass is 10.2. The number of nitrogens with zero attached hydrogens (tertiary/aromatic N) is 1. The standard InChI is InChI=1S/C18H12Cl2N2O2/c19-12-3-7-14(8-4-12)24-15-9-5-13(6-10-15)22-18(23)16-2-1-11-21-17(16)20/h1-11H,(H,22,23). The summed E-state index contributed by atoms with van der Waals surface area (Å²) >= 11 is 11.7. The van der Waals surface area contributed by atoms with Crippen LogP contribution >= 0.6 is 23.2 Å². The molecule has 0 saturated heterocycles. The largest absolute Gasteiger partial charge is 0.457 e. The fraction of sp³-hybridized carbons (Fsp3) is 0. The highest BCUT2D eigenvalue weighted by Gasteiger charge is 2.10. The summed E-state index contributed by atoms with van der Waals surface area (Å²) in [5.74, 6) is 1.01. The maximum atomic E-state index is 12.2. The predicted octanol–water partition coefficient (Wildman–Crippen LogP) is 5.43. The number of amides is 1. The van der Waals surface area contributed by atoms with Gasteiger partial charge in [-0.15, -0.1) is 0 Å². The Bertz CT molecular complexity index is 850. The normalized spacial score (nSPS) is 10.2. The average Bonchev–Trinajstić information content (AvgIpc) is 2.59. The van der Waals surface area contributed by atoms with Crippen LogP contribution in [0.15, 0.2) is 66.9 Å². The smallest absolute Gasteiger partial charge is 0.258 e. The lowest BCUT2D eigenvalue weighted by Gasteiger charge is -2.08. The molecule has 0 saturated carbocycles. The minimum Gasteiger partial charge on any atom is -0.457 e. The van der Waals surface area contributed by atoms with Gasteiger partial charge < -0.3 is 10.1 Å². The molecule has 24 heavy (non-hydrogen) atoms. The van der Waals surface area contributed by atoms with Crippen molar-refractivity contribution in [2.45, 2.75) is 0 Å². The van der Waals surface area contributed by atoms with Crippen molar-refractivity contribution in [2.75, 3.05) is 5.32 Å². The molecule has 1 N–H and O–H groups in total. The molecule has 2 aromatic carbocycles. The minimum atomic E-state index is -0.320. The SMILES string of the molecule is O=C(Nc1ccc(Oc2ccc(Cl)cc2)cc1)c1cccnc1Cl. The van der Waals surface area contributed by atoms with E-state index in [0.717, 1.165) is 0 Å². The quantitative estimate of drug-likeness (QED) is 0.632. The van der Waals surface area contributed by atoms with Crippen LogP contribution in [-0.4, -0.2) is 10.9 Å². The maximum Gasteiger partial charge on any atom is 0.258 e. The molecule has 0 radical (unpaired) electrons. The zero-order valence-corrected chi connectivity index (χ0v) is 13.9. The molecule has 0 bridgehead atoms. The van der Waals surface area contributed by atoms with Crippen LogP contribution < -0.4 is 10.1 Å². The third-order valence-corrected chi connectivity index (χ3v) is 3.72. The van der Waals surface area contributed by atoms with E-state index in [2.05, 4.69) is 10.3 Å². The lowest BCUT2D eigenvalue weighted by molar-refractivity contribution is 0.102. The van der Waals surface area contributed by atoms with Gasteiger partial charge in [0, 0.05) is 16.9 Å². The summed E-state index contributed by atoms with van der Waals surface area (Å²) in [6, 6.07) is 17.3. The van der Waals surface area contributed by atoms with Crippen molar-refractivity contribution in [2.24, 2.45) is 0 Å². The van der Waals surface area contributed by atoms with Gasteiger partial charge in [-0.05, 0) is 60.7 Å². The van der Waals surface area contributed by atoms with E-state index in [-0.39, 0.29) is 11.1 Å². The highest BCUT2D eigenvalue weighted by Crippen LogP contribution is 2.24. The van der Waals surface area contributed by atoms with Gasteiger partial charge in [-0.25, -0.2) is 4.98 Å². The van der Waals surface area contributed by atoms with E-state index in [1.165, 1.54) is 6.20 Å². The molecule has 0 atom stereocenters. The molecule has 120 valence electrons. The number of carbonyl (C=O) groups excluding carboxylic acids is 1. The summed E-state index contributed by atoms with van der Waals surface area (Å²) in [5, 5.41) is 3.57. The Balaban J connectivity index is 1.67. The summed E-state index contributed by atoms with van der Waals surface area (Å²) in [5.41, 5.74) is 0.948. The van der Waals surface area contributed by atoms with Gasteiger partial charge in [0.05, 0.1) is 5.56 Å². The summed E-state index contributed by atoms with van der Waals surface area (Å²) in [4.78, 5) is 16.0. The van der Waals surface area contributed by atoms with Crippen LogP contribution in [0.3, 0.4) is 0 Å². The molecule has 1 amide bonds. The third-order valence-electron chi connectivity index (χ3n) is 3.17. The maximum absolute atomic E-state index is 12.2. The Hall–Kier alpha value is -2.56. The fourth-order valence-corrected chi connectivity index (χ4v) is 2.33. The first kappa shape index (κ1) is 16.3. The van der Waals surface area contributed by atoms with Gasteiger partial charge >= 0.3 is 0 Å². The first-order chi connectivity index (χ1) is 11.6. The summed E-state index contributed by atoms with van der Waals surface area (Å²) in [7, 11) is 0. The third kappa shape index (κ3) is 4.04. The van der Waals surface area contributed by atoms with E-state index in [1.807, 2.05) is 0 Å². The monoisotopic (exact) mass is 358 g/mol. The van der Waals surface area contributed by atoms with E-state index in [1.54, 1.807) is 60.7 Å². The van der Waals surface area contributed by atoms with Crippen LogP contribution in [0.5, 0.6) is 11.5 Å². The molecule has 0 unspecified atom stereocenters. The van der Waals surface area contributed by atoms with Crippen LogP contribution in [0, 0.1) is 0 Å². The molecular weight excluding hydrogens is 347 g/mol. The Morgan fingerprint density at radius 3 is 2.17 bits per heavy atom. The Kier molecular flexibility index (Phi) is 4.99. The molecule has 0 aliphatic rings. The number of benzene rings is 2. The van der Waals surface area contributed by atoms with Crippen molar-refractivity contribution >= 4 is 34.8 Å². The minimum absolute atomic E-state index is 0.165. The zero-order valence-electron chi connectivity index (χ0n) is 12.4. The van der Waals surface area contributed by atoms with Crippen LogP contribution in [-0.2, 0) is 0 Å². The molecule has 1 heterocycles. The van der Waals surface area contributed by atoms with Gasteiger partial charge in [-0.1, -0.05) is 23.2 Å². The number of rotatable bonds is 4. The second-order valence-electron chi connectivity index (χ2n) is 4.88. The fourth-order valence-electron chi connectivity index (χ4n) is 2.00. The predicted molar refractivity (Wildman–Crippen MR) is 95.2 cm³/mol. The molecule has 0 fully saturated rings. The first-order valence-electron chi connectivity index (χ1n) is 7.07. The molecular formula is C18H12Cl2N2O2. The molecule has 4 nitrogen and oxygen atoms in total. The number of halogens is 2. The van der Waals surface area contributed by atoms with Gasteiger partial charge in [0.1, 0.15) is 16.7 Å². The van der Waals surface area contributed by atoms with Crippen molar-refractivity contribution in [1.82, 2.24) is 4.98 Å². The van der Waals surface area contributed by atoms with E-state index in [4.69, 9.17) is 27.9 Å². The number of anilines is 1. The second-order valence-corrected chi connectivity index (χ2v) is 5.67. The number of carbonyl (C=O) groups is 1. The molecule has 3 aromatic rings. The highest BCUT2D eigenvalue weighted by molar-refractivity contribution is 6.33. The number of aromatic nitrogens is 1. The Morgan fingerprint density at radius 2 is 1.54 bits per heavy atom. The van der Waals surface area contributed by atoms with Crippen molar-refractivity contribution in [1.29, 1.82) is 0 Å². The van der Waals surface area contributed by atoms with Crippen LogP contribution in [0.2, 0.25) is 10.2 Å². The first-order valence-corrected chi connectivity index (χ1v) is 7.83. The molecule has 0 spiro atoms. The van der Waals surface area contributed by atoms with Crippen molar-refractivity contribution in [3.05, 3.63) is 82.6 Å². The van der Waals surface area contributed by atoms with Gasteiger partial charge in [0.25, 0.3) is 5.91 Å². The van der Waals surface area contributed by atoms with Crippen LogP contribution in [0.25, 0.3) is 0 Å². The highest BCUT2D eigenvalue weighted by atomic mass is 35.5. The van der Waals surface area contributed by atoms with Crippen LogP contribution in [0.1, 0.15) is 10.4 Å². The van der Waals surface area contributed by atoms with E-state index in [0.29, 0.717) is 27.8 Å². The van der Waals surface area contributed by atoms with Crippen molar-refractivity contribution < 1.29 is 9.53 Å². The lowest BCUT2D eigenvalue weighted by Crippen LogP contribution is -2.12. The number of nitrogens with one attached hydrogen (secondary N) is 1. The molecule has 0 aliphatic heterocycles. The Morgan fingerprint density at radius 1 is 0.917 bits per heavy atom. The number of pyridine rings is 1. The van der Waals surface area contributed by atoms with Gasteiger partial charge in [0.2, 0.25) is 0 Å². The Labute approximate surface area is 149 Å². The van der Waals surface area contributed by atoms with Gasteiger partial charge in [-0.3, -0.25) is 4.79 Å². The zero-order chi connectivity index (χ0) is 16.9. The summed E-state index contributed by atoms with van der Waals surface area (Å²) in [6.07, 6.45) is 1.53. The van der Waals surface area contributed by atoms with E-state index in [9.17, 15) is 4.79 Å². The number of ether oxygens (including phenoxy) is 1. The topological polar surface area (TPSA) is 51.2 Å². The number of hydrogen-bond donors (Lipinski definition) is 1. The van der Waals surface area contributed by atoms with E-state index < -0.39 is 0 Å².